The number of furan rings is 1. The molecule has 0 atom stereocenters. The van der Waals surface area contributed by atoms with Crippen molar-refractivity contribution in [2.45, 2.75) is 0 Å². The molecule has 262 valence electrons. The Morgan fingerprint density at radius 1 is 0.339 bits per heavy atom. The third kappa shape index (κ3) is 5.67. The predicted octanol–water partition coefficient (Wildman–Crippen LogP) is 14.7. The van der Waals surface area contributed by atoms with Crippen molar-refractivity contribution in [1.82, 2.24) is 9.97 Å². The van der Waals surface area contributed by atoms with Gasteiger partial charge in [0, 0.05) is 47.6 Å². The first-order valence-corrected chi connectivity index (χ1v) is 19.6. The monoisotopic (exact) mass is 732 g/mol. The van der Waals surface area contributed by atoms with Gasteiger partial charge in [-0.15, -0.1) is 11.3 Å². The maximum absolute atomic E-state index is 6.19. The van der Waals surface area contributed by atoms with Gasteiger partial charge in [0.05, 0.1) is 11.4 Å². The quantitative estimate of drug-likeness (QED) is 0.171. The van der Waals surface area contributed by atoms with Crippen LogP contribution in [0.15, 0.2) is 199 Å². The molecular weight excluding hydrogens is 701 g/mol. The van der Waals surface area contributed by atoms with Crippen LogP contribution in [0.2, 0.25) is 0 Å². The van der Waals surface area contributed by atoms with Gasteiger partial charge in [-0.3, -0.25) is 0 Å². The highest BCUT2D eigenvalue weighted by Crippen LogP contribution is 2.41. The number of rotatable bonds is 6. The Hall–Kier alpha value is -7.14. The lowest BCUT2D eigenvalue weighted by Crippen LogP contribution is -1.96. The zero-order valence-corrected chi connectivity index (χ0v) is 31.0. The van der Waals surface area contributed by atoms with Crippen molar-refractivity contribution in [3.8, 4) is 67.3 Å². The fourth-order valence-corrected chi connectivity index (χ4v) is 9.07. The van der Waals surface area contributed by atoms with E-state index in [4.69, 9.17) is 14.4 Å². The van der Waals surface area contributed by atoms with Crippen LogP contribution in [0, 0.1) is 0 Å². The first-order chi connectivity index (χ1) is 27.7. The molecule has 0 fully saturated rings. The van der Waals surface area contributed by atoms with Gasteiger partial charge in [0.15, 0.2) is 5.82 Å². The highest BCUT2D eigenvalue weighted by molar-refractivity contribution is 7.25. The molecule has 3 nitrogen and oxygen atoms in total. The molecule has 0 spiro atoms. The van der Waals surface area contributed by atoms with E-state index in [1.54, 1.807) is 0 Å². The number of hydrogen-bond donors (Lipinski definition) is 0. The smallest absolute Gasteiger partial charge is 0.160 e. The van der Waals surface area contributed by atoms with Gasteiger partial charge >= 0.3 is 0 Å². The van der Waals surface area contributed by atoms with Gasteiger partial charge in [-0.1, -0.05) is 140 Å². The Kier molecular flexibility index (Phi) is 7.68. The van der Waals surface area contributed by atoms with Gasteiger partial charge in [-0.05, 0) is 88.0 Å². The minimum Gasteiger partial charge on any atom is -0.456 e. The average Bonchev–Trinajstić information content (AvgIpc) is 3.85. The normalized spacial score (nSPS) is 11.6. The Morgan fingerprint density at radius 3 is 1.73 bits per heavy atom. The van der Waals surface area contributed by atoms with E-state index in [0.717, 1.165) is 72.3 Å². The van der Waals surface area contributed by atoms with Gasteiger partial charge in [-0.25, -0.2) is 9.97 Å². The van der Waals surface area contributed by atoms with E-state index in [9.17, 15) is 0 Å². The van der Waals surface area contributed by atoms with Crippen LogP contribution in [0.25, 0.3) is 109 Å². The van der Waals surface area contributed by atoms with Crippen LogP contribution in [-0.4, -0.2) is 9.97 Å². The van der Waals surface area contributed by atoms with Gasteiger partial charge in [-0.2, -0.15) is 0 Å². The zero-order chi connectivity index (χ0) is 37.0. The molecule has 56 heavy (non-hydrogen) atoms. The average molecular weight is 733 g/mol. The van der Waals surface area contributed by atoms with E-state index in [2.05, 4.69) is 164 Å². The highest BCUT2D eigenvalue weighted by atomic mass is 32.1. The summed E-state index contributed by atoms with van der Waals surface area (Å²) in [5.41, 5.74) is 13.5. The fourth-order valence-electron chi connectivity index (χ4n) is 7.94. The van der Waals surface area contributed by atoms with Crippen molar-refractivity contribution in [1.29, 1.82) is 0 Å². The molecule has 8 aromatic carbocycles. The maximum atomic E-state index is 6.19. The number of hydrogen-bond acceptors (Lipinski definition) is 4. The summed E-state index contributed by atoms with van der Waals surface area (Å²) in [7, 11) is 0. The lowest BCUT2D eigenvalue weighted by molar-refractivity contribution is 0.669. The second-order valence-corrected chi connectivity index (χ2v) is 15.2. The molecule has 3 aromatic heterocycles. The third-order valence-corrected chi connectivity index (χ3v) is 11.8. The molecule has 0 saturated carbocycles. The lowest BCUT2D eigenvalue weighted by Gasteiger charge is -2.13. The number of benzene rings is 8. The summed E-state index contributed by atoms with van der Waals surface area (Å²) < 4.78 is 8.80. The van der Waals surface area contributed by atoms with Gasteiger partial charge in [0.1, 0.15) is 11.2 Å². The number of aromatic nitrogens is 2. The molecule has 11 rings (SSSR count). The molecule has 0 amide bonds. The van der Waals surface area contributed by atoms with Crippen LogP contribution in [0.5, 0.6) is 0 Å². The van der Waals surface area contributed by atoms with Crippen LogP contribution >= 0.6 is 11.3 Å². The molecule has 3 heterocycles. The zero-order valence-electron chi connectivity index (χ0n) is 30.2. The number of fused-ring (bicyclic) bond motifs is 6. The molecule has 0 unspecified atom stereocenters. The van der Waals surface area contributed by atoms with Crippen LogP contribution < -0.4 is 0 Å². The van der Waals surface area contributed by atoms with Crippen molar-refractivity contribution in [2.75, 3.05) is 0 Å². The summed E-state index contributed by atoms with van der Waals surface area (Å²) in [6, 6.07) is 68.6. The predicted molar refractivity (Wildman–Crippen MR) is 235 cm³/mol. The van der Waals surface area contributed by atoms with Crippen molar-refractivity contribution < 1.29 is 4.42 Å². The second-order valence-electron chi connectivity index (χ2n) is 14.2. The fraction of sp³-hybridized carbons (Fsp3) is 0. The summed E-state index contributed by atoms with van der Waals surface area (Å²) in [4.78, 5) is 10.4. The summed E-state index contributed by atoms with van der Waals surface area (Å²) >= 11 is 1.85. The van der Waals surface area contributed by atoms with E-state index in [0.29, 0.717) is 5.82 Å². The molecule has 4 heteroatoms. The molecule has 0 N–H and O–H groups in total. The Morgan fingerprint density at radius 2 is 0.929 bits per heavy atom. The summed E-state index contributed by atoms with van der Waals surface area (Å²) in [6.07, 6.45) is 0. The van der Waals surface area contributed by atoms with Gasteiger partial charge in [0.25, 0.3) is 0 Å². The van der Waals surface area contributed by atoms with Gasteiger partial charge < -0.3 is 4.42 Å². The second kappa shape index (κ2) is 13.3. The molecule has 0 aliphatic heterocycles. The maximum Gasteiger partial charge on any atom is 0.160 e. The number of para-hydroxylation sites is 1. The largest absolute Gasteiger partial charge is 0.456 e. The topological polar surface area (TPSA) is 38.9 Å². The standard InChI is InChI=1S/C52H32N2OS/c1-3-12-33(13-4-1)38-28-39(37-26-27-48-44(31-37)42-16-7-9-19-47(42)55-48)30-40(29-38)46-32-45(53-52(54-46)36-14-5-2-6-15-36)35-24-22-34(23-25-35)41-18-11-21-50-51(41)43-17-8-10-20-49(43)56-50/h1-32H. The highest BCUT2D eigenvalue weighted by Gasteiger charge is 2.16. The number of nitrogens with zero attached hydrogens (tertiary/aromatic N) is 2. The van der Waals surface area contributed by atoms with E-state index in [-0.39, 0.29) is 0 Å². The molecule has 0 bridgehead atoms. The molecular formula is C52H32N2OS. The first kappa shape index (κ1) is 32.3. The molecule has 0 radical (unpaired) electrons. The van der Waals surface area contributed by atoms with E-state index >= 15 is 0 Å². The minimum atomic E-state index is 0.689. The van der Waals surface area contributed by atoms with Gasteiger partial charge in [0.2, 0.25) is 0 Å². The number of thiophene rings is 1. The van der Waals surface area contributed by atoms with Crippen LogP contribution in [0.1, 0.15) is 0 Å². The molecule has 0 saturated heterocycles. The van der Waals surface area contributed by atoms with E-state index < -0.39 is 0 Å². The lowest BCUT2D eigenvalue weighted by atomic mass is 9.93. The van der Waals surface area contributed by atoms with Crippen molar-refractivity contribution >= 4 is 53.4 Å². The third-order valence-electron chi connectivity index (χ3n) is 10.7. The Bertz CT molecular complexity index is 3240. The Labute approximate surface area is 327 Å². The van der Waals surface area contributed by atoms with E-state index in [1.165, 1.54) is 31.3 Å². The summed E-state index contributed by atoms with van der Waals surface area (Å²) in [5, 5.41) is 4.83. The van der Waals surface area contributed by atoms with Crippen molar-refractivity contribution in [3.63, 3.8) is 0 Å². The molecule has 0 aliphatic carbocycles. The Balaban J connectivity index is 1.07. The van der Waals surface area contributed by atoms with Crippen molar-refractivity contribution in [2.24, 2.45) is 0 Å². The first-order valence-electron chi connectivity index (χ1n) is 18.8. The van der Waals surface area contributed by atoms with Crippen LogP contribution in [0.4, 0.5) is 0 Å². The van der Waals surface area contributed by atoms with Crippen molar-refractivity contribution in [3.05, 3.63) is 194 Å². The minimum absolute atomic E-state index is 0.689. The summed E-state index contributed by atoms with van der Waals surface area (Å²) in [5.74, 6) is 0.689. The summed E-state index contributed by atoms with van der Waals surface area (Å²) in [6.45, 7) is 0. The van der Waals surface area contributed by atoms with Crippen LogP contribution in [0.3, 0.4) is 0 Å². The molecule has 11 aromatic rings. The van der Waals surface area contributed by atoms with Crippen LogP contribution in [-0.2, 0) is 0 Å². The molecule has 0 aliphatic rings. The van der Waals surface area contributed by atoms with E-state index in [1.807, 2.05) is 41.7 Å². The SMILES string of the molecule is c1ccc(-c2cc(-c3ccc4oc5ccccc5c4c3)cc(-c3cc(-c4ccc(-c5cccc6sc7ccccc7c56)cc4)nc(-c4ccccc4)n3)c2)cc1.